The minimum absolute atomic E-state index is 0.000741. The van der Waals surface area contributed by atoms with Crippen LogP contribution in [0.3, 0.4) is 0 Å². The molecule has 0 unspecified atom stereocenters. The summed E-state index contributed by atoms with van der Waals surface area (Å²) in [6.07, 6.45) is 4.82. The fraction of sp³-hybridized carbons (Fsp3) is 0.351. The first kappa shape index (κ1) is 50.7. The van der Waals surface area contributed by atoms with Gasteiger partial charge >= 0.3 is 0 Å². The smallest absolute Gasteiger partial charge is 0.261 e. The molecule has 0 fully saturated rings. The summed E-state index contributed by atoms with van der Waals surface area (Å²) in [4.78, 5) is 88.1. The van der Waals surface area contributed by atoms with Crippen molar-refractivity contribution in [2.24, 2.45) is 10.9 Å². The van der Waals surface area contributed by atoms with Crippen molar-refractivity contribution in [1.82, 2.24) is 10.6 Å². The number of rotatable bonds is 19. The Morgan fingerprint density at radius 3 is 1.95 bits per heavy atom. The Hall–Kier alpha value is -8.21. The van der Waals surface area contributed by atoms with Gasteiger partial charge in [0.05, 0.1) is 48.8 Å². The monoisotopic (exact) mass is 1000 g/mol. The van der Waals surface area contributed by atoms with Gasteiger partial charge in [0.2, 0.25) is 17.7 Å². The van der Waals surface area contributed by atoms with Crippen molar-refractivity contribution in [3.8, 4) is 23.0 Å². The largest absolute Gasteiger partial charge is 0.493 e. The van der Waals surface area contributed by atoms with Crippen LogP contribution in [0.2, 0.25) is 0 Å². The molecule has 0 radical (unpaired) electrons. The van der Waals surface area contributed by atoms with Crippen LogP contribution in [-0.2, 0) is 45.2 Å². The van der Waals surface area contributed by atoms with E-state index in [1.807, 2.05) is 73.3 Å². The molecule has 0 saturated heterocycles. The zero-order valence-corrected chi connectivity index (χ0v) is 42.4. The summed E-state index contributed by atoms with van der Waals surface area (Å²) >= 11 is 0. The van der Waals surface area contributed by atoms with E-state index in [4.69, 9.17) is 23.9 Å². The lowest BCUT2D eigenvalue weighted by Crippen LogP contribution is -2.50. The Morgan fingerprint density at radius 1 is 0.676 bits per heavy atom. The highest BCUT2D eigenvalue weighted by atomic mass is 16.5. The number of methoxy groups -OCH3 is 2. The van der Waals surface area contributed by atoms with Crippen molar-refractivity contribution in [3.05, 3.63) is 124 Å². The Bertz CT molecular complexity index is 3060. The number of unbranched alkanes of at least 4 members (excludes halogenated alkanes) is 1. The molecular formula is C57H61N7O10. The van der Waals surface area contributed by atoms with E-state index in [-0.39, 0.29) is 61.1 Å². The third-order valence-corrected chi connectivity index (χ3v) is 13.8. The zero-order valence-electron chi connectivity index (χ0n) is 42.4. The van der Waals surface area contributed by atoms with Gasteiger partial charge < -0.3 is 45.1 Å². The minimum Gasteiger partial charge on any atom is -0.493 e. The number of fused-ring (bicyclic) bond motifs is 8. The van der Waals surface area contributed by atoms with Crippen molar-refractivity contribution >= 4 is 70.0 Å². The molecule has 0 aromatic heterocycles. The maximum atomic E-state index is 14.1. The van der Waals surface area contributed by atoms with Crippen molar-refractivity contribution in [2.75, 3.05) is 41.2 Å². The molecule has 4 atom stereocenters. The number of amides is 5. The van der Waals surface area contributed by atoms with Crippen LogP contribution in [0, 0.1) is 5.92 Å². The molecule has 0 spiro atoms. The van der Waals surface area contributed by atoms with Crippen molar-refractivity contribution < 1.29 is 47.7 Å². The first-order valence-corrected chi connectivity index (χ1v) is 25.1. The van der Waals surface area contributed by atoms with E-state index in [0.29, 0.717) is 94.5 Å². The summed E-state index contributed by atoms with van der Waals surface area (Å²) in [6, 6.07) is 25.6. The van der Waals surface area contributed by atoms with Gasteiger partial charge in [0.25, 0.3) is 11.8 Å². The second kappa shape index (κ2) is 21.9. The highest BCUT2D eigenvalue weighted by Crippen LogP contribution is 2.43. The van der Waals surface area contributed by atoms with Gasteiger partial charge in [0.15, 0.2) is 23.0 Å². The second-order valence-electron chi connectivity index (χ2n) is 19.4. The van der Waals surface area contributed by atoms with E-state index in [2.05, 4.69) is 21.3 Å². The number of aliphatic imine (C=N–C) groups is 1. The predicted octanol–water partition coefficient (Wildman–Crippen LogP) is 7.88. The standard InChI is InChI=1S/C57H61N7O10/c1-32(2)48(65)17-11-12-18-53(66)60-33(3)54(67)61-34(4)55(68)62-39-20-35(30-73-51-26-44-42(24-49(51)71-5)56(69)63-40(28-58-44)22-37-13-7-9-15-46(37)63)19-36(21-39)31-74-52-27-45-43(25-50(52)72-6)57(70)64-41(29-59-45)23-38-14-8-10-16-47(38)64/h7-10,13-16,19-21,24-28,32-34,40-41,59H,11-12,17-18,22-23,29-31H2,1-6H3,(H,60,66)(H,61,67)(H,62,68)/t33-,34-,40-,41-/m0/s1. The van der Waals surface area contributed by atoms with Crippen LogP contribution >= 0.6 is 0 Å². The van der Waals surface area contributed by atoms with Gasteiger partial charge in [-0.05, 0) is 97.8 Å². The molecule has 4 N–H and O–H groups in total. The highest BCUT2D eigenvalue weighted by Gasteiger charge is 2.39. The van der Waals surface area contributed by atoms with Crippen molar-refractivity contribution in [3.63, 3.8) is 0 Å². The van der Waals surface area contributed by atoms with Gasteiger partial charge in [-0.15, -0.1) is 0 Å². The molecule has 384 valence electrons. The topological polar surface area (TPSA) is 206 Å². The summed E-state index contributed by atoms with van der Waals surface area (Å²) in [5.41, 5.74) is 7.44. The summed E-state index contributed by atoms with van der Waals surface area (Å²) in [5.74, 6) is -0.251. The number of carbonyl (C=O) groups excluding carboxylic acids is 6. The van der Waals surface area contributed by atoms with Crippen LogP contribution in [0.1, 0.15) is 96.3 Å². The maximum absolute atomic E-state index is 14.1. The van der Waals surface area contributed by atoms with E-state index in [1.54, 1.807) is 47.5 Å². The molecule has 0 saturated carbocycles. The number of nitrogens with one attached hydrogen (secondary N) is 4. The number of ether oxygens (including phenoxy) is 4. The lowest BCUT2D eigenvalue weighted by molar-refractivity contribution is -0.130. The first-order chi connectivity index (χ1) is 35.7. The van der Waals surface area contributed by atoms with Crippen LogP contribution in [0.5, 0.6) is 23.0 Å². The predicted molar refractivity (Wildman–Crippen MR) is 281 cm³/mol. The number of carbonyl (C=O) groups is 6. The molecule has 74 heavy (non-hydrogen) atoms. The molecule has 0 bridgehead atoms. The van der Waals surface area contributed by atoms with Gasteiger partial charge in [-0.2, -0.15) is 0 Å². The molecule has 4 aliphatic heterocycles. The fourth-order valence-corrected chi connectivity index (χ4v) is 9.83. The Labute approximate surface area is 430 Å². The number of ketones is 1. The van der Waals surface area contributed by atoms with E-state index in [1.165, 1.54) is 28.1 Å². The molecule has 5 aromatic carbocycles. The Morgan fingerprint density at radius 2 is 1.27 bits per heavy atom. The number of Topliss-reactive ketones (excluding diaryl/α,β-unsaturated/α-hetero) is 1. The molecule has 0 aliphatic carbocycles. The molecule has 4 aliphatic rings. The molecule has 17 nitrogen and oxygen atoms in total. The number of para-hydroxylation sites is 2. The second-order valence-corrected chi connectivity index (χ2v) is 19.4. The molecule has 5 aromatic rings. The summed E-state index contributed by atoms with van der Waals surface area (Å²) in [5, 5.41) is 11.7. The average molecular weight is 1000 g/mol. The normalized spacial score (nSPS) is 16.7. The molecule has 9 rings (SSSR count). The number of benzene rings is 5. The van der Waals surface area contributed by atoms with E-state index < -0.39 is 23.9 Å². The maximum Gasteiger partial charge on any atom is 0.261 e. The van der Waals surface area contributed by atoms with Crippen molar-refractivity contribution in [1.29, 1.82) is 0 Å². The minimum atomic E-state index is -1.01. The third kappa shape index (κ3) is 10.8. The van der Waals surface area contributed by atoms with Crippen LogP contribution in [0.15, 0.2) is 96.0 Å². The van der Waals surface area contributed by atoms with Crippen LogP contribution < -0.4 is 50.0 Å². The van der Waals surface area contributed by atoms with E-state index >= 15 is 0 Å². The number of anilines is 4. The number of nitrogens with zero attached hydrogens (tertiary/aromatic N) is 3. The van der Waals surface area contributed by atoms with Crippen molar-refractivity contribution in [2.45, 2.75) is 104 Å². The molecular weight excluding hydrogens is 943 g/mol. The SMILES string of the molecule is COc1cc2c(cc1OCc1cc(COc3cc4c(cc3OC)C(=O)N3c5ccccc5C[C@H]3CN4)cc(NC(=O)[C@H](C)NC(=O)[C@H](C)NC(=O)CCCCC(=O)C(C)C)c1)N=C[C@@H]1Cc3ccccc3N1C2=O. The average Bonchev–Trinajstić information content (AvgIpc) is 3.89. The Kier molecular flexibility index (Phi) is 15.0. The lowest BCUT2D eigenvalue weighted by atomic mass is 10.0. The van der Waals surface area contributed by atoms with Gasteiger partial charge in [-0.25, -0.2) is 0 Å². The molecule has 4 heterocycles. The summed E-state index contributed by atoms with van der Waals surface area (Å²) < 4.78 is 24.4. The fourth-order valence-electron chi connectivity index (χ4n) is 9.83. The van der Waals surface area contributed by atoms with Gasteiger partial charge in [0.1, 0.15) is 31.1 Å². The van der Waals surface area contributed by atoms with E-state index in [0.717, 1.165) is 28.9 Å². The quantitative estimate of drug-likeness (QED) is 0.0586. The lowest BCUT2D eigenvalue weighted by Gasteiger charge is -2.22. The summed E-state index contributed by atoms with van der Waals surface area (Å²) in [6.45, 7) is 7.28. The highest BCUT2D eigenvalue weighted by molar-refractivity contribution is 6.15. The third-order valence-electron chi connectivity index (χ3n) is 13.8. The van der Waals surface area contributed by atoms with Crippen LogP contribution in [-0.4, -0.2) is 86.5 Å². The van der Waals surface area contributed by atoms with Crippen LogP contribution in [0.4, 0.5) is 28.4 Å². The molecule has 17 heteroatoms. The van der Waals surface area contributed by atoms with Crippen LogP contribution in [0.25, 0.3) is 0 Å². The van der Waals surface area contributed by atoms with Gasteiger partial charge in [-0.3, -0.25) is 38.7 Å². The van der Waals surface area contributed by atoms with E-state index in [9.17, 15) is 28.8 Å². The Balaban J connectivity index is 0.925. The zero-order chi connectivity index (χ0) is 52.2. The number of hydrogen-bond donors (Lipinski definition) is 4. The first-order valence-electron chi connectivity index (χ1n) is 25.1. The molecule has 5 amide bonds. The van der Waals surface area contributed by atoms with Gasteiger partial charge in [-0.1, -0.05) is 50.2 Å². The number of hydrogen-bond acceptors (Lipinski definition) is 12. The summed E-state index contributed by atoms with van der Waals surface area (Å²) in [7, 11) is 3.01. The van der Waals surface area contributed by atoms with Gasteiger partial charge in [0, 0.05) is 67.1 Å².